The molecule has 142 valence electrons. The van der Waals surface area contributed by atoms with Crippen molar-refractivity contribution in [3.63, 3.8) is 0 Å². The molecule has 0 unspecified atom stereocenters. The largest absolute Gasteiger partial charge is 0.338 e. The number of benzene rings is 1. The lowest BCUT2D eigenvalue weighted by atomic mass is 10.2. The number of hydrogen-bond donors (Lipinski definition) is 0. The van der Waals surface area contributed by atoms with Crippen molar-refractivity contribution < 1.29 is 0 Å². The Morgan fingerprint density at radius 3 is 2.69 bits per heavy atom. The maximum Gasteiger partial charge on any atom is 0.338 e. The average molecular weight is 400 g/mol. The Bertz CT molecular complexity index is 1500. The van der Waals surface area contributed by atoms with Gasteiger partial charge in [-0.25, -0.2) is 14.3 Å². The van der Waals surface area contributed by atoms with E-state index in [1.54, 1.807) is 18.3 Å². The predicted molar refractivity (Wildman–Crippen MR) is 115 cm³/mol. The second-order valence-electron chi connectivity index (χ2n) is 6.79. The summed E-state index contributed by atoms with van der Waals surface area (Å²) in [6, 6.07) is 16.9. The molecular weight excluding hydrogens is 384 g/mol. The molecule has 6 nitrogen and oxygen atoms in total. The van der Waals surface area contributed by atoms with Gasteiger partial charge in [-0.1, -0.05) is 24.3 Å². The summed E-state index contributed by atoms with van der Waals surface area (Å²) in [4.78, 5) is 35.4. The third-order valence-corrected chi connectivity index (χ3v) is 5.91. The van der Waals surface area contributed by atoms with Gasteiger partial charge < -0.3 is 0 Å². The molecule has 0 spiro atoms. The molecule has 5 aromatic rings. The first-order chi connectivity index (χ1) is 14.1. The van der Waals surface area contributed by atoms with Crippen LogP contribution in [0.2, 0.25) is 0 Å². The lowest BCUT2D eigenvalue weighted by molar-refractivity contribution is 0.674. The lowest BCUT2D eigenvalue weighted by Crippen LogP contribution is -2.40. The van der Waals surface area contributed by atoms with Gasteiger partial charge in [-0.15, -0.1) is 11.3 Å². The van der Waals surface area contributed by atoms with Gasteiger partial charge in [-0.2, -0.15) is 0 Å². The first-order valence-corrected chi connectivity index (χ1v) is 10.0. The molecule has 0 bridgehead atoms. The Morgan fingerprint density at radius 2 is 1.86 bits per heavy atom. The van der Waals surface area contributed by atoms with Crippen molar-refractivity contribution in [1.29, 1.82) is 0 Å². The van der Waals surface area contributed by atoms with Crippen molar-refractivity contribution in [3.05, 3.63) is 98.3 Å². The van der Waals surface area contributed by atoms with E-state index in [1.807, 2.05) is 54.8 Å². The fourth-order valence-electron chi connectivity index (χ4n) is 3.46. The van der Waals surface area contributed by atoms with Crippen molar-refractivity contribution in [2.24, 2.45) is 0 Å². The van der Waals surface area contributed by atoms with Gasteiger partial charge in [0.25, 0.3) is 5.56 Å². The van der Waals surface area contributed by atoms with E-state index in [1.165, 1.54) is 20.5 Å². The number of pyridine rings is 2. The van der Waals surface area contributed by atoms with E-state index in [0.717, 1.165) is 21.5 Å². The molecule has 0 saturated heterocycles. The van der Waals surface area contributed by atoms with E-state index in [-0.39, 0.29) is 12.1 Å². The van der Waals surface area contributed by atoms with E-state index < -0.39 is 5.69 Å². The fourth-order valence-corrected chi connectivity index (χ4v) is 4.39. The van der Waals surface area contributed by atoms with E-state index in [4.69, 9.17) is 0 Å². The molecule has 1 aromatic carbocycles. The minimum Gasteiger partial charge on any atom is -0.268 e. The first-order valence-electron chi connectivity index (χ1n) is 9.13. The molecule has 0 aliphatic carbocycles. The summed E-state index contributed by atoms with van der Waals surface area (Å²) in [5.74, 6) is 0. The van der Waals surface area contributed by atoms with Gasteiger partial charge in [0.05, 0.1) is 23.1 Å². The highest BCUT2D eigenvalue weighted by atomic mass is 32.1. The number of nitrogens with zero attached hydrogens (tertiary/aromatic N) is 4. The van der Waals surface area contributed by atoms with Gasteiger partial charge >= 0.3 is 5.69 Å². The molecular formula is C22H16N4O2S. The zero-order valence-electron chi connectivity index (χ0n) is 15.6. The second kappa shape index (κ2) is 6.79. The maximum atomic E-state index is 13.4. The van der Waals surface area contributed by atoms with Crippen LogP contribution in [0.15, 0.2) is 75.8 Å². The lowest BCUT2D eigenvalue weighted by Gasteiger charge is -2.13. The molecule has 0 amide bonds. The smallest absolute Gasteiger partial charge is 0.268 e. The van der Waals surface area contributed by atoms with Crippen molar-refractivity contribution in [2.45, 2.75) is 13.5 Å². The molecule has 7 heteroatoms. The molecule has 0 N–H and O–H groups in total. The zero-order valence-corrected chi connectivity index (χ0v) is 16.4. The van der Waals surface area contributed by atoms with Gasteiger partial charge in [-0.05, 0) is 48.2 Å². The number of thiophene rings is 1. The van der Waals surface area contributed by atoms with Crippen molar-refractivity contribution in [3.8, 4) is 5.00 Å². The van der Waals surface area contributed by atoms with Gasteiger partial charge in [0.2, 0.25) is 0 Å². The van der Waals surface area contributed by atoms with Crippen LogP contribution in [0, 0.1) is 6.92 Å². The van der Waals surface area contributed by atoms with Crippen LogP contribution in [0.5, 0.6) is 0 Å². The highest BCUT2D eigenvalue weighted by molar-refractivity contribution is 7.12. The van der Waals surface area contributed by atoms with E-state index >= 15 is 0 Å². The first kappa shape index (κ1) is 17.5. The van der Waals surface area contributed by atoms with Gasteiger partial charge in [0, 0.05) is 11.6 Å². The van der Waals surface area contributed by atoms with Crippen LogP contribution in [0.25, 0.3) is 26.9 Å². The van der Waals surface area contributed by atoms with Crippen molar-refractivity contribution in [2.75, 3.05) is 0 Å². The summed E-state index contributed by atoms with van der Waals surface area (Å²) < 4.78 is 2.76. The molecule has 0 atom stereocenters. The summed E-state index contributed by atoms with van der Waals surface area (Å²) in [6.07, 6.45) is 1.59. The van der Waals surface area contributed by atoms with E-state index in [0.29, 0.717) is 16.7 Å². The third kappa shape index (κ3) is 2.87. The monoisotopic (exact) mass is 400 g/mol. The minimum atomic E-state index is -0.415. The summed E-state index contributed by atoms with van der Waals surface area (Å²) in [7, 11) is 0. The van der Waals surface area contributed by atoms with Crippen LogP contribution in [-0.4, -0.2) is 19.1 Å². The molecule has 0 aliphatic heterocycles. The Balaban J connectivity index is 1.76. The van der Waals surface area contributed by atoms with E-state index in [2.05, 4.69) is 9.97 Å². The predicted octanol–water partition coefficient (Wildman–Crippen LogP) is 3.51. The number of fused-ring (bicyclic) bond motifs is 2. The van der Waals surface area contributed by atoms with Crippen LogP contribution in [0.1, 0.15) is 11.3 Å². The van der Waals surface area contributed by atoms with Gasteiger partial charge in [0.1, 0.15) is 5.00 Å². The third-order valence-electron chi connectivity index (χ3n) is 4.91. The minimum absolute atomic E-state index is 0.0950. The number of para-hydroxylation sites is 1. The van der Waals surface area contributed by atoms with Gasteiger partial charge in [-0.3, -0.25) is 14.3 Å². The SMILES string of the molecule is Cc1ccsc1-n1c(=O)n(Cc2ccc3ccccc3n2)c(=O)c2cccnc21. The zero-order chi connectivity index (χ0) is 20.0. The molecule has 0 radical (unpaired) electrons. The topological polar surface area (TPSA) is 69.8 Å². The number of aryl methyl sites for hydroxylation is 1. The number of hydrogen-bond acceptors (Lipinski definition) is 5. The highest BCUT2D eigenvalue weighted by Gasteiger charge is 2.17. The Labute approximate surface area is 169 Å². The molecule has 0 saturated carbocycles. The normalized spacial score (nSPS) is 11.3. The Kier molecular flexibility index (Phi) is 4.10. The van der Waals surface area contributed by atoms with Crippen molar-refractivity contribution in [1.82, 2.24) is 19.1 Å². The summed E-state index contributed by atoms with van der Waals surface area (Å²) >= 11 is 1.45. The Hall–Kier alpha value is -3.58. The molecule has 5 rings (SSSR count). The number of aromatic nitrogens is 4. The summed E-state index contributed by atoms with van der Waals surface area (Å²) in [5, 5.41) is 4.10. The van der Waals surface area contributed by atoms with Crippen LogP contribution >= 0.6 is 11.3 Å². The summed E-state index contributed by atoms with van der Waals surface area (Å²) in [5.41, 5.74) is 2.03. The average Bonchev–Trinajstić information content (AvgIpc) is 3.17. The number of rotatable bonds is 3. The standard InChI is InChI=1S/C22H16N4O2S/c1-14-10-12-29-21(14)26-19-17(6-4-11-23-19)20(27)25(22(26)28)13-16-9-8-15-5-2-3-7-18(15)24-16/h2-12H,13H2,1H3. The van der Waals surface area contributed by atoms with Crippen molar-refractivity contribution >= 4 is 33.3 Å². The highest BCUT2D eigenvalue weighted by Crippen LogP contribution is 2.22. The quantitative estimate of drug-likeness (QED) is 0.465. The second-order valence-corrected chi connectivity index (χ2v) is 7.68. The fraction of sp³-hybridized carbons (Fsp3) is 0.0909. The molecule has 0 aliphatic rings. The summed E-state index contributed by atoms with van der Waals surface area (Å²) in [6.45, 7) is 2.03. The maximum absolute atomic E-state index is 13.4. The van der Waals surface area contributed by atoms with Crippen LogP contribution in [-0.2, 0) is 6.54 Å². The molecule has 0 fully saturated rings. The van der Waals surface area contributed by atoms with Crippen LogP contribution < -0.4 is 11.2 Å². The van der Waals surface area contributed by atoms with Crippen LogP contribution in [0.4, 0.5) is 0 Å². The molecule has 4 heterocycles. The molecule has 4 aromatic heterocycles. The molecule has 29 heavy (non-hydrogen) atoms. The van der Waals surface area contributed by atoms with Crippen LogP contribution in [0.3, 0.4) is 0 Å². The van der Waals surface area contributed by atoms with E-state index in [9.17, 15) is 9.59 Å². The van der Waals surface area contributed by atoms with Gasteiger partial charge in [0.15, 0.2) is 5.65 Å². The Morgan fingerprint density at radius 1 is 1.00 bits per heavy atom.